The maximum Gasteiger partial charge on any atom is 0.312 e. The largest absolute Gasteiger partial charge is 0.478 e. The SMILES string of the molecule is O=CCOc1c(Br)cccc1[N+](=O)[O-]. The highest BCUT2D eigenvalue weighted by Crippen LogP contribution is 2.34. The topological polar surface area (TPSA) is 69.4 Å². The summed E-state index contributed by atoms with van der Waals surface area (Å²) >= 11 is 3.10. The first-order chi connectivity index (χ1) is 6.66. The third-order valence-corrected chi connectivity index (χ3v) is 2.06. The lowest BCUT2D eigenvalue weighted by atomic mass is 10.3. The molecule has 0 amide bonds. The number of nitro benzene ring substituents is 1. The van der Waals surface area contributed by atoms with Crippen LogP contribution in [0.4, 0.5) is 5.69 Å². The van der Waals surface area contributed by atoms with Gasteiger partial charge in [-0.1, -0.05) is 6.07 Å². The maximum atomic E-state index is 10.6. The van der Waals surface area contributed by atoms with Crippen LogP contribution in [0.15, 0.2) is 22.7 Å². The Morgan fingerprint density at radius 3 is 2.86 bits per heavy atom. The molecule has 0 aliphatic carbocycles. The van der Waals surface area contributed by atoms with Gasteiger partial charge < -0.3 is 4.74 Å². The van der Waals surface area contributed by atoms with Crippen LogP contribution in [0, 0.1) is 10.1 Å². The van der Waals surface area contributed by atoms with Gasteiger partial charge in [-0.05, 0) is 22.0 Å². The van der Waals surface area contributed by atoms with Crippen LogP contribution >= 0.6 is 15.9 Å². The van der Waals surface area contributed by atoms with E-state index in [9.17, 15) is 14.9 Å². The van der Waals surface area contributed by atoms with Crippen molar-refractivity contribution < 1.29 is 14.5 Å². The van der Waals surface area contributed by atoms with Gasteiger partial charge in [0.1, 0.15) is 6.61 Å². The molecule has 0 saturated carbocycles. The van der Waals surface area contributed by atoms with Crippen molar-refractivity contribution in [1.82, 2.24) is 0 Å². The smallest absolute Gasteiger partial charge is 0.312 e. The van der Waals surface area contributed by atoms with Crippen molar-refractivity contribution in [3.05, 3.63) is 32.8 Å². The molecule has 14 heavy (non-hydrogen) atoms. The van der Waals surface area contributed by atoms with Crippen LogP contribution in [0.3, 0.4) is 0 Å². The van der Waals surface area contributed by atoms with Crippen molar-refractivity contribution in [2.45, 2.75) is 0 Å². The summed E-state index contributed by atoms with van der Waals surface area (Å²) in [7, 11) is 0. The highest BCUT2D eigenvalue weighted by atomic mass is 79.9. The molecule has 1 aromatic rings. The van der Waals surface area contributed by atoms with Crippen molar-refractivity contribution >= 4 is 27.9 Å². The molecule has 0 aliphatic heterocycles. The lowest BCUT2D eigenvalue weighted by Gasteiger charge is -2.04. The lowest BCUT2D eigenvalue weighted by Crippen LogP contribution is -2.01. The fraction of sp³-hybridized carbons (Fsp3) is 0.125. The Kier molecular flexibility index (Phi) is 3.58. The zero-order valence-corrected chi connectivity index (χ0v) is 8.56. The van der Waals surface area contributed by atoms with Crippen molar-refractivity contribution in [2.75, 3.05) is 6.61 Å². The number of carbonyl (C=O) groups is 1. The minimum absolute atomic E-state index is 0.0737. The number of nitro groups is 1. The molecule has 0 aromatic heterocycles. The van der Waals surface area contributed by atoms with Crippen LogP contribution in [0.2, 0.25) is 0 Å². The van der Waals surface area contributed by atoms with Gasteiger partial charge in [-0.25, -0.2) is 0 Å². The van der Waals surface area contributed by atoms with Crippen LogP contribution in [0.25, 0.3) is 0 Å². The van der Waals surface area contributed by atoms with Crippen molar-refractivity contribution in [3.8, 4) is 5.75 Å². The number of carbonyl (C=O) groups excluding carboxylic acids is 1. The highest BCUT2D eigenvalue weighted by molar-refractivity contribution is 9.10. The number of ether oxygens (including phenoxy) is 1. The molecule has 6 heteroatoms. The van der Waals surface area contributed by atoms with E-state index >= 15 is 0 Å². The predicted octanol–water partition coefficient (Wildman–Crippen LogP) is 1.94. The molecule has 1 aromatic carbocycles. The van der Waals surface area contributed by atoms with E-state index in [0.717, 1.165) is 0 Å². The molecular weight excluding hydrogens is 254 g/mol. The summed E-state index contributed by atoms with van der Waals surface area (Å²) in [4.78, 5) is 20.0. The van der Waals surface area contributed by atoms with Gasteiger partial charge in [0.25, 0.3) is 0 Å². The summed E-state index contributed by atoms with van der Waals surface area (Å²) in [5.41, 5.74) is -0.166. The number of aldehydes is 1. The fourth-order valence-electron chi connectivity index (χ4n) is 0.901. The summed E-state index contributed by atoms with van der Waals surface area (Å²) in [6.45, 7) is -0.205. The molecule has 0 spiro atoms. The zero-order valence-electron chi connectivity index (χ0n) is 6.97. The molecule has 0 radical (unpaired) electrons. The number of rotatable bonds is 4. The standard InChI is InChI=1S/C8H6BrNO4/c9-6-2-1-3-7(10(12)13)8(6)14-5-4-11/h1-4H,5H2. The van der Waals surface area contributed by atoms with E-state index < -0.39 is 4.92 Å². The Morgan fingerprint density at radius 1 is 1.57 bits per heavy atom. The Labute approximate surface area is 88.0 Å². The molecular formula is C8H6BrNO4. The second-order valence-corrected chi connectivity index (χ2v) is 3.18. The number of hydrogen-bond acceptors (Lipinski definition) is 4. The van der Waals surface area contributed by atoms with Gasteiger partial charge in [0, 0.05) is 6.07 Å². The number of benzene rings is 1. The second-order valence-electron chi connectivity index (χ2n) is 2.32. The molecule has 0 aliphatic rings. The van der Waals surface area contributed by atoms with E-state index in [0.29, 0.717) is 10.8 Å². The third-order valence-electron chi connectivity index (χ3n) is 1.44. The average Bonchev–Trinajstić information content (AvgIpc) is 2.15. The minimum Gasteiger partial charge on any atom is -0.478 e. The van der Waals surface area contributed by atoms with Crippen LogP contribution in [-0.2, 0) is 4.79 Å². The Hall–Kier alpha value is -1.43. The molecule has 0 saturated heterocycles. The van der Waals surface area contributed by atoms with Gasteiger partial charge in [0.05, 0.1) is 9.40 Å². The lowest BCUT2D eigenvalue weighted by molar-refractivity contribution is -0.385. The Bertz CT molecular complexity index is 366. The number of nitrogens with zero attached hydrogens (tertiary/aromatic N) is 1. The summed E-state index contributed by atoms with van der Waals surface area (Å²) in [5, 5.41) is 10.6. The van der Waals surface area contributed by atoms with E-state index in [1.807, 2.05) is 0 Å². The predicted molar refractivity (Wildman–Crippen MR) is 52.4 cm³/mol. The molecule has 5 nitrogen and oxygen atoms in total. The van der Waals surface area contributed by atoms with E-state index in [1.54, 1.807) is 6.07 Å². The monoisotopic (exact) mass is 259 g/mol. The van der Waals surface area contributed by atoms with Gasteiger partial charge in [-0.15, -0.1) is 0 Å². The first-order valence-corrected chi connectivity index (χ1v) is 4.45. The van der Waals surface area contributed by atoms with E-state index in [4.69, 9.17) is 4.74 Å². The first kappa shape index (κ1) is 10.6. The Balaban J connectivity index is 3.08. The number of para-hydroxylation sites is 1. The van der Waals surface area contributed by atoms with Gasteiger partial charge >= 0.3 is 5.69 Å². The number of hydrogen-bond donors (Lipinski definition) is 0. The number of halogens is 1. The van der Waals surface area contributed by atoms with Crippen LogP contribution in [-0.4, -0.2) is 17.8 Å². The normalized spacial score (nSPS) is 9.50. The van der Waals surface area contributed by atoms with E-state index in [2.05, 4.69) is 15.9 Å². The molecule has 0 bridgehead atoms. The van der Waals surface area contributed by atoms with Crippen molar-refractivity contribution in [2.24, 2.45) is 0 Å². The van der Waals surface area contributed by atoms with Crippen LogP contribution in [0.5, 0.6) is 5.75 Å². The van der Waals surface area contributed by atoms with Crippen molar-refractivity contribution in [1.29, 1.82) is 0 Å². The van der Waals surface area contributed by atoms with Gasteiger partial charge in [0.15, 0.2) is 6.29 Å². The van der Waals surface area contributed by atoms with E-state index in [1.165, 1.54) is 12.1 Å². The summed E-state index contributed by atoms with van der Waals surface area (Å²) < 4.78 is 5.37. The Morgan fingerprint density at radius 2 is 2.29 bits per heavy atom. The fourth-order valence-corrected chi connectivity index (χ4v) is 1.37. The van der Waals surface area contributed by atoms with Crippen molar-refractivity contribution in [3.63, 3.8) is 0 Å². The summed E-state index contributed by atoms with van der Waals surface area (Å²) in [5.74, 6) is 0.0737. The van der Waals surface area contributed by atoms with Gasteiger partial charge in [0.2, 0.25) is 5.75 Å². The van der Waals surface area contributed by atoms with Crippen LogP contribution < -0.4 is 4.74 Å². The zero-order chi connectivity index (χ0) is 10.6. The quantitative estimate of drug-likeness (QED) is 0.471. The first-order valence-electron chi connectivity index (χ1n) is 3.66. The second kappa shape index (κ2) is 4.71. The summed E-state index contributed by atoms with van der Waals surface area (Å²) in [6, 6.07) is 4.44. The molecule has 0 fully saturated rings. The van der Waals surface area contributed by atoms with Crippen LogP contribution in [0.1, 0.15) is 0 Å². The summed E-state index contributed by atoms with van der Waals surface area (Å²) in [6.07, 6.45) is 0.531. The average molecular weight is 260 g/mol. The maximum absolute atomic E-state index is 10.6. The van der Waals surface area contributed by atoms with Gasteiger partial charge in [-0.3, -0.25) is 14.9 Å². The van der Waals surface area contributed by atoms with Gasteiger partial charge in [-0.2, -0.15) is 0 Å². The molecule has 0 atom stereocenters. The highest BCUT2D eigenvalue weighted by Gasteiger charge is 2.17. The third kappa shape index (κ3) is 2.29. The van der Waals surface area contributed by atoms with E-state index in [-0.39, 0.29) is 18.0 Å². The molecule has 0 N–H and O–H groups in total. The molecule has 74 valence electrons. The molecule has 0 unspecified atom stereocenters. The molecule has 1 rings (SSSR count). The molecule has 0 heterocycles. The minimum atomic E-state index is -0.565.